The average molecular weight is 323 g/mol. The zero-order chi connectivity index (χ0) is 15.9. The number of aliphatic imine (C=N–C) groups is 1. The monoisotopic (exact) mass is 323 g/mol. The van der Waals surface area contributed by atoms with Gasteiger partial charge in [0.25, 0.3) is 0 Å². The van der Waals surface area contributed by atoms with Crippen LogP contribution in [0.2, 0.25) is 0 Å². The van der Waals surface area contributed by atoms with Crippen molar-refractivity contribution in [3.05, 3.63) is 0 Å². The summed E-state index contributed by atoms with van der Waals surface area (Å²) >= 11 is 0. The summed E-state index contributed by atoms with van der Waals surface area (Å²) in [5, 5.41) is 13.3. The Morgan fingerprint density at radius 1 is 1.04 bits per heavy atom. The Labute approximate surface area is 140 Å². The largest absolute Gasteiger partial charge is 0.393 e. The van der Waals surface area contributed by atoms with Gasteiger partial charge in [-0.1, -0.05) is 12.8 Å². The van der Waals surface area contributed by atoms with Crippen LogP contribution < -0.4 is 5.32 Å². The number of guanidine groups is 1. The van der Waals surface area contributed by atoms with Crippen molar-refractivity contribution in [1.82, 2.24) is 10.2 Å². The lowest BCUT2D eigenvalue weighted by Crippen LogP contribution is -2.51. The van der Waals surface area contributed by atoms with Crippen LogP contribution in [0.4, 0.5) is 0 Å². The summed E-state index contributed by atoms with van der Waals surface area (Å²) in [6.45, 7) is 4.19. The van der Waals surface area contributed by atoms with E-state index in [2.05, 4.69) is 10.2 Å². The van der Waals surface area contributed by atoms with Crippen LogP contribution >= 0.6 is 0 Å². The lowest BCUT2D eigenvalue weighted by molar-refractivity contribution is 0.103. The first-order valence-electron chi connectivity index (χ1n) is 9.63. The van der Waals surface area contributed by atoms with E-state index < -0.39 is 0 Å². The number of likely N-dealkylation sites (tertiary alicyclic amines) is 1. The maximum atomic E-state index is 9.69. The number of rotatable bonds is 6. The van der Waals surface area contributed by atoms with Crippen molar-refractivity contribution in [2.75, 3.05) is 32.8 Å². The molecule has 0 aromatic rings. The van der Waals surface area contributed by atoms with Gasteiger partial charge in [-0.2, -0.15) is 0 Å². The third-order valence-electron chi connectivity index (χ3n) is 5.53. The van der Waals surface area contributed by atoms with E-state index in [9.17, 15) is 5.11 Å². The van der Waals surface area contributed by atoms with E-state index in [-0.39, 0.29) is 6.10 Å². The van der Waals surface area contributed by atoms with Gasteiger partial charge in [-0.25, -0.2) is 0 Å². The molecule has 1 saturated heterocycles. The molecule has 1 aliphatic heterocycles. The number of piperidine rings is 1. The number of nitrogens with zero attached hydrogens (tertiary/aromatic N) is 2. The molecule has 5 nitrogen and oxygen atoms in total. The first-order chi connectivity index (χ1) is 11.3. The molecule has 0 bridgehead atoms. The fourth-order valence-corrected chi connectivity index (χ4v) is 3.69. The van der Waals surface area contributed by atoms with E-state index in [1.165, 1.54) is 44.9 Å². The van der Waals surface area contributed by atoms with Crippen molar-refractivity contribution in [1.29, 1.82) is 0 Å². The second-order valence-corrected chi connectivity index (χ2v) is 7.42. The van der Waals surface area contributed by atoms with Crippen LogP contribution in [-0.4, -0.2) is 61.0 Å². The molecule has 5 heteroatoms. The van der Waals surface area contributed by atoms with E-state index >= 15 is 0 Å². The Balaban J connectivity index is 1.41. The second-order valence-electron chi connectivity index (χ2n) is 7.42. The maximum Gasteiger partial charge on any atom is 0.194 e. The van der Waals surface area contributed by atoms with Crippen LogP contribution in [0.3, 0.4) is 0 Å². The molecule has 3 aliphatic rings. The summed E-state index contributed by atoms with van der Waals surface area (Å²) < 4.78 is 5.82. The van der Waals surface area contributed by atoms with Gasteiger partial charge in [0.1, 0.15) is 0 Å². The third kappa shape index (κ3) is 5.35. The normalized spacial score (nSPS) is 24.9. The maximum absolute atomic E-state index is 9.69. The SMILES string of the molecule is OC1CCN(C(=NCCOCC2CCCC2)NC2CCC2)CC1. The van der Waals surface area contributed by atoms with Gasteiger partial charge in [0.05, 0.1) is 19.3 Å². The highest BCUT2D eigenvalue weighted by Gasteiger charge is 2.24. The van der Waals surface area contributed by atoms with Crippen LogP contribution in [0.1, 0.15) is 57.8 Å². The average Bonchev–Trinajstić information content (AvgIpc) is 3.02. The lowest BCUT2D eigenvalue weighted by atomic mass is 9.93. The Kier molecular flexibility index (Phi) is 6.57. The van der Waals surface area contributed by atoms with Gasteiger partial charge >= 0.3 is 0 Å². The second kappa shape index (κ2) is 8.88. The van der Waals surface area contributed by atoms with Crippen molar-refractivity contribution >= 4 is 5.96 Å². The zero-order valence-electron chi connectivity index (χ0n) is 14.4. The highest BCUT2D eigenvalue weighted by molar-refractivity contribution is 5.80. The molecule has 0 atom stereocenters. The number of nitrogens with one attached hydrogen (secondary N) is 1. The van der Waals surface area contributed by atoms with Crippen molar-refractivity contribution in [2.24, 2.45) is 10.9 Å². The number of hydrogen-bond donors (Lipinski definition) is 2. The van der Waals surface area contributed by atoms with Crippen molar-refractivity contribution in [2.45, 2.75) is 69.9 Å². The lowest BCUT2D eigenvalue weighted by Gasteiger charge is -2.36. The van der Waals surface area contributed by atoms with E-state index in [1.54, 1.807) is 0 Å². The molecule has 3 rings (SSSR count). The highest BCUT2D eigenvalue weighted by Crippen LogP contribution is 2.24. The molecule has 2 N–H and O–H groups in total. The Hall–Kier alpha value is -0.810. The first kappa shape index (κ1) is 17.0. The smallest absolute Gasteiger partial charge is 0.194 e. The summed E-state index contributed by atoms with van der Waals surface area (Å²) in [6.07, 6.45) is 10.8. The minimum atomic E-state index is -0.133. The topological polar surface area (TPSA) is 57.1 Å². The predicted octanol–water partition coefficient (Wildman–Crippen LogP) is 2.15. The van der Waals surface area contributed by atoms with E-state index in [1.807, 2.05) is 0 Å². The van der Waals surface area contributed by atoms with Gasteiger partial charge in [-0.15, -0.1) is 0 Å². The van der Waals surface area contributed by atoms with Crippen LogP contribution in [0.25, 0.3) is 0 Å². The van der Waals surface area contributed by atoms with Gasteiger partial charge in [0, 0.05) is 25.7 Å². The first-order valence-corrected chi connectivity index (χ1v) is 9.63. The van der Waals surface area contributed by atoms with Crippen molar-refractivity contribution in [3.8, 4) is 0 Å². The Morgan fingerprint density at radius 3 is 2.43 bits per heavy atom. The molecule has 23 heavy (non-hydrogen) atoms. The van der Waals surface area contributed by atoms with Gasteiger partial charge in [-0.3, -0.25) is 4.99 Å². The molecular formula is C18H33N3O2. The molecule has 3 fully saturated rings. The molecule has 0 unspecified atom stereocenters. The van der Waals surface area contributed by atoms with Gasteiger partial charge in [-0.05, 0) is 50.9 Å². The fraction of sp³-hybridized carbons (Fsp3) is 0.944. The predicted molar refractivity (Wildman–Crippen MR) is 92.7 cm³/mol. The van der Waals surface area contributed by atoms with E-state index in [0.29, 0.717) is 6.04 Å². The molecule has 0 amide bonds. The van der Waals surface area contributed by atoms with Crippen LogP contribution in [0.5, 0.6) is 0 Å². The summed E-state index contributed by atoms with van der Waals surface area (Å²) in [4.78, 5) is 7.09. The molecular weight excluding hydrogens is 290 g/mol. The molecule has 0 radical (unpaired) electrons. The summed E-state index contributed by atoms with van der Waals surface area (Å²) in [7, 11) is 0. The molecule has 2 saturated carbocycles. The van der Waals surface area contributed by atoms with E-state index in [0.717, 1.165) is 57.6 Å². The molecule has 132 valence electrons. The van der Waals surface area contributed by atoms with Gasteiger partial charge in [0.15, 0.2) is 5.96 Å². The van der Waals surface area contributed by atoms with Gasteiger partial charge in [0.2, 0.25) is 0 Å². The zero-order valence-corrected chi connectivity index (χ0v) is 14.4. The van der Waals surface area contributed by atoms with E-state index in [4.69, 9.17) is 9.73 Å². The quantitative estimate of drug-likeness (QED) is 0.447. The highest BCUT2D eigenvalue weighted by atomic mass is 16.5. The number of hydrogen-bond acceptors (Lipinski definition) is 3. The standard InChI is InChI=1S/C18H33N3O2/c22-17-8-11-21(12-9-17)18(20-16-6-3-7-16)19-10-13-23-14-15-4-1-2-5-15/h15-17,22H,1-14H2,(H,19,20). The molecule has 0 spiro atoms. The number of aliphatic hydroxyl groups is 1. The fourth-order valence-electron chi connectivity index (χ4n) is 3.69. The molecule has 1 heterocycles. The van der Waals surface area contributed by atoms with Gasteiger partial charge < -0.3 is 20.1 Å². The number of aliphatic hydroxyl groups excluding tert-OH is 1. The van der Waals surface area contributed by atoms with Crippen LogP contribution in [0.15, 0.2) is 4.99 Å². The van der Waals surface area contributed by atoms with Crippen molar-refractivity contribution < 1.29 is 9.84 Å². The minimum absolute atomic E-state index is 0.133. The molecule has 0 aromatic carbocycles. The molecule has 0 aromatic heterocycles. The Bertz CT molecular complexity index is 370. The summed E-state index contributed by atoms with van der Waals surface area (Å²) in [5.74, 6) is 1.82. The minimum Gasteiger partial charge on any atom is -0.393 e. The number of ether oxygens (including phenoxy) is 1. The summed E-state index contributed by atoms with van der Waals surface area (Å²) in [5.41, 5.74) is 0. The summed E-state index contributed by atoms with van der Waals surface area (Å²) in [6, 6.07) is 0.597. The van der Waals surface area contributed by atoms with Crippen LogP contribution in [-0.2, 0) is 4.74 Å². The van der Waals surface area contributed by atoms with Crippen molar-refractivity contribution in [3.63, 3.8) is 0 Å². The Morgan fingerprint density at radius 2 is 1.78 bits per heavy atom. The molecule has 2 aliphatic carbocycles. The van der Waals surface area contributed by atoms with Crippen LogP contribution in [0, 0.1) is 5.92 Å². The third-order valence-corrected chi connectivity index (χ3v) is 5.53.